The van der Waals surface area contributed by atoms with Gasteiger partial charge in [0, 0.05) is 6.42 Å². The molecule has 0 spiro atoms. The van der Waals surface area contributed by atoms with Crippen LogP contribution in [0.5, 0.6) is 5.75 Å². The third-order valence-electron chi connectivity index (χ3n) is 3.69. The Morgan fingerprint density at radius 3 is 2.89 bits per heavy atom. The quantitative estimate of drug-likeness (QED) is 0.797. The maximum absolute atomic E-state index is 6.04. The fourth-order valence-corrected chi connectivity index (χ4v) is 2.82. The fourth-order valence-electron chi connectivity index (χ4n) is 2.82. The second kappa shape index (κ2) is 6.79. The van der Waals surface area contributed by atoms with Gasteiger partial charge in [0.15, 0.2) is 0 Å². The van der Waals surface area contributed by atoms with Crippen LogP contribution in [-0.2, 0) is 6.42 Å². The summed E-state index contributed by atoms with van der Waals surface area (Å²) in [5.41, 5.74) is 1.38. The standard InChI is InChI=1S/C16H25NO/c1-3-7-13(12-17-4-2)10-15-11-14-8-5-6-9-16(14)18-15/h5-6,8-9,13,15,17H,3-4,7,10-12H2,1-2H3. The molecule has 0 aliphatic carbocycles. The van der Waals surface area contributed by atoms with Gasteiger partial charge in [0.05, 0.1) is 0 Å². The number of hydrogen-bond acceptors (Lipinski definition) is 2. The van der Waals surface area contributed by atoms with Crippen LogP contribution in [0.3, 0.4) is 0 Å². The molecule has 1 N–H and O–H groups in total. The van der Waals surface area contributed by atoms with Crippen molar-refractivity contribution in [1.29, 1.82) is 0 Å². The topological polar surface area (TPSA) is 21.3 Å². The molecular formula is C16H25NO. The van der Waals surface area contributed by atoms with E-state index in [1.165, 1.54) is 24.8 Å². The lowest BCUT2D eigenvalue weighted by Gasteiger charge is -2.20. The van der Waals surface area contributed by atoms with Crippen molar-refractivity contribution >= 4 is 0 Å². The van der Waals surface area contributed by atoms with E-state index in [9.17, 15) is 0 Å². The maximum atomic E-state index is 6.04. The molecule has 1 aromatic carbocycles. The van der Waals surface area contributed by atoms with Gasteiger partial charge in [-0.1, -0.05) is 38.5 Å². The van der Waals surface area contributed by atoms with Crippen LogP contribution in [0.15, 0.2) is 24.3 Å². The van der Waals surface area contributed by atoms with Crippen LogP contribution in [0.1, 0.15) is 38.7 Å². The number of hydrogen-bond donors (Lipinski definition) is 1. The molecule has 2 atom stereocenters. The minimum atomic E-state index is 0.387. The molecule has 0 radical (unpaired) electrons. The molecule has 18 heavy (non-hydrogen) atoms. The van der Waals surface area contributed by atoms with E-state index >= 15 is 0 Å². The van der Waals surface area contributed by atoms with E-state index in [0.717, 1.165) is 31.2 Å². The predicted molar refractivity (Wildman–Crippen MR) is 76.1 cm³/mol. The molecule has 2 heteroatoms. The predicted octanol–water partition coefficient (Wildman–Crippen LogP) is 3.41. The Hall–Kier alpha value is -1.02. The number of benzene rings is 1. The van der Waals surface area contributed by atoms with Gasteiger partial charge in [0.1, 0.15) is 11.9 Å². The molecule has 1 aliphatic heterocycles. The zero-order valence-electron chi connectivity index (χ0n) is 11.6. The molecule has 0 aromatic heterocycles. The zero-order chi connectivity index (χ0) is 12.8. The van der Waals surface area contributed by atoms with Gasteiger partial charge >= 0.3 is 0 Å². The van der Waals surface area contributed by atoms with E-state index in [2.05, 4.69) is 43.4 Å². The van der Waals surface area contributed by atoms with E-state index in [0.29, 0.717) is 6.10 Å². The van der Waals surface area contributed by atoms with Crippen LogP contribution in [0.4, 0.5) is 0 Å². The largest absolute Gasteiger partial charge is 0.490 e. The molecule has 0 amide bonds. The number of ether oxygens (including phenoxy) is 1. The molecule has 0 bridgehead atoms. The summed E-state index contributed by atoms with van der Waals surface area (Å²) < 4.78 is 6.04. The highest BCUT2D eigenvalue weighted by molar-refractivity contribution is 5.37. The average molecular weight is 247 g/mol. The summed E-state index contributed by atoms with van der Waals surface area (Å²) in [4.78, 5) is 0. The minimum Gasteiger partial charge on any atom is -0.490 e. The van der Waals surface area contributed by atoms with E-state index in [1.54, 1.807) is 0 Å². The first kappa shape index (κ1) is 13.4. The van der Waals surface area contributed by atoms with Gasteiger partial charge in [-0.2, -0.15) is 0 Å². The van der Waals surface area contributed by atoms with Crippen LogP contribution in [0.25, 0.3) is 0 Å². The molecule has 1 heterocycles. The molecule has 0 saturated carbocycles. The monoisotopic (exact) mass is 247 g/mol. The lowest BCUT2D eigenvalue weighted by Crippen LogP contribution is -2.27. The average Bonchev–Trinajstić information content (AvgIpc) is 2.78. The molecular weight excluding hydrogens is 222 g/mol. The molecule has 2 nitrogen and oxygen atoms in total. The molecule has 2 rings (SSSR count). The van der Waals surface area contributed by atoms with E-state index in [-0.39, 0.29) is 0 Å². The van der Waals surface area contributed by atoms with Crippen molar-refractivity contribution in [3.05, 3.63) is 29.8 Å². The Balaban J connectivity index is 1.86. The SMILES string of the molecule is CCCC(CNCC)CC1Cc2ccccc2O1. The molecule has 100 valence electrons. The van der Waals surface area contributed by atoms with E-state index in [1.807, 2.05) is 0 Å². The molecule has 0 fully saturated rings. The summed E-state index contributed by atoms with van der Waals surface area (Å²) in [5.74, 6) is 1.84. The van der Waals surface area contributed by atoms with Gasteiger partial charge in [-0.3, -0.25) is 0 Å². The summed E-state index contributed by atoms with van der Waals surface area (Å²) in [5, 5.41) is 3.47. The third kappa shape index (κ3) is 3.49. The van der Waals surface area contributed by atoms with Gasteiger partial charge in [0.25, 0.3) is 0 Å². The highest BCUT2D eigenvalue weighted by Crippen LogP contribution is 2.31. The second-order valence-corrected chi connectivity index (χ2v) is 5.25. The van der Waals surface area contributed by atoms with Crippen molar-refractivity contribution in [3.8, 4) is 5.75 Å². The minimum absolute atomic E-state index is 0.387. The Bertz CT molecular complexity index is 339. The van der Waals surface area contributed by atoms with Crippen molar-refractivity contribution in [2.24, 2.45) is 5.92 Å². The lowest BCUT2D eigenvalue weighted by molar-refractivity contribution is 0.188. The first-order valence-corrected chi connectivity index (χ1v) is 7.28. The molecule has 2 unspecified atom stereocenters. The van der Waals surface area contributed by atoms with Crippen molar-refractivity contribution in [1.82, 2.24) is 5.32 Å². The van der Waals surface area contributed by atoms with Crippen LogP contribution >= 0.6 is 0 Å². The Kier molecular flexibility index (Phi) is 5.06. The van der Waals surface area contributed by atoms with E-state index < -0.39 is 0 Å². The fraction of sp³-hybridized carbons (Fsp3) is 0.625. The Morgan fingerprint density at radius 1 is 1.33 bits per heavy atom. The van der Waals surface area contributed by atoms with Crippen LogP contribution in [0.2, 0.25) is 0 Å². The Morgan fingerprint density at radius 2 is 2.17 bits per heavy atom. The summed E-state index contributed by atoms with van der Waals surface area (Å²) >= 11 is 0. The van der Waals surface area contributed by atoms with Crippen molar-refractivity contribution in [2.75, 3.05) is 13.1 Å². The van der Waals surface area contributed by atoms with Crippen molar-refractivity contribution < 1.29 is 4.74 Å². The van der Waals surface area contributed by atoms with Gasteiger partial charge in [0.2, 0.25) is 0 Å². The van der Waals surface area contributed by atoms with Gasteiger partial charge in [-0.25, -0.2) is 0 Å². The second-order valence-electron chi connectivity index (χ2n) is 5.25. The number of nitrogens with one attached hydrogen (secondary N) is 1. The van der Waals surface area contributed by atoms with Crippen LogP contribution in [0, 0.1) is 5.92 Å². The number of fused-ring (bicyclic) bond motifs is 1. The van der Waals surface area contributed by atoms with Crippen molar-refractivity contribution in [2.45, 2.75) is 45.6 Å². The Labute approximate surface area is 111 Å². The van der Waals surface area contributed by atoms with E-state index in [4.69, 9.17) is 4.74 Å². The normalized spacial score (nSPS) is 19.3. The van der Waals surface area contributed by atoms with Crippen LogP contribution < -0.4 is 10.1 Å². The highest BCUT2D eigenvalue weighted by Gasteiger charge is 2.24. The number of rotatable bonds is 7. The molecule has 1 aromatic rings. The van der Waals surface area contributed by atoms with Gasteiger partial charge < -0.3 is 10.1 Å². The third-order valence-corrected chi connectivity index (χ3v) is 3.69. The summed E-state index contributed by atoms with van der Waals surface area (Å²) in [6, 6.07) is 8.44. The summed E-state index contributed by atoms with van der Waals surface area (Å²) in [7, 11) is 0. The maximum Gasteiger partial charge on any atom is 0.123 e. The summed E-state index contributed by atoms with van der Waals surface area (Å²) in [6.45, 7) is 6.63. The van der Waals surface area contributed by atoms with Gasteiger partial charge in [-0.15, -0.1) is 0 Å². The highest BCUT2D eigenvalue weighted by atomic mass is 16.5. The molecule has 1 aliphatic rings. The van der Waals surface area contributed by atoms with Crippen LogP contribution in [-0.4, -0.2) is 19.2 Å². The first-order valence-electron chi connectivity index (χ1n) is 7.28. The smallest absolute Gasteiger partial charge is 0.123 e. The summed E-state index contributed by atoms with van der Waals surface area (Å²) in [6.07, 6.45) is 5.20. The van der Waals surface area contributed by atoms with Gasteiger partial charge in [-0.05, 0) is 43.5 Å². The zero-order valence-corrected chi connectivity index (χ0v) is 11.6. The van der Waals surface area contributed by atoms with Crippen molar-refractivity contribution in [3.63, 3.8) is 0 Å². The lowest BCUT2D eigenvalue weighted by atomic mass is 9.94. The number of para-hydroxylation sites is 1. The molecule has 0 saturated heterocycles. The first-order chi connectivity index (χ1) is 8.83.